The van der Waals surface area contributed by atoms with Crippen molar-refractivity contribution in [1.82, 2.24) is 4.72 Å². The van der Waals surface area contributed by atoms with E-state index in [0.29, 0.717) is 12.3 Å². The molecule has 2 heterocycles. The van der Waals surface area contributed by atoms with E-state index < -0.39 is 16.1 Å². The van der Waals surface area contributed by atoms with Crippen molar-refractivity contribution in [2.45, 2.75) is 37.6 Å². The van der Waals surface area contributed by atoms with Gasteiger partial charge in [-0.05, 0) is 55.7 Å². The number of nitrogens with zero attached hydrogens (tertiary/aromatic N) is 1. The molecule has 0 radical (unpaired) electrons. The van der Waals surface area contributed by atoms with Crippen LogP contribution in [-0.4, -0.2) is 20.9 Å². The Balaban J connectivity index is 1.88. The molecule has 1 amide bonds. The van der Waals surface area contributed by atoms with E-state index in [1.165, 1.54) is 19.3 Å². The summed E-state index contributed by atoms with van der Waals surface area (Å²) in [6.45, 7) is 3.92. The van der Waals surface area contributed by atoms with Crippen molar-refractivity contribution in [1.29, 1.82) is 0 Å². The van der Waals surface area contributed by atoms with E-state index in [-0.39, 0.29) is 10.8 Å². The monoisotopic (exact) mass is 348 g/mol. The number of furan rings is 1. The average Bonchev–Trinajstić information content (AvgIpc) is 3.07. The van der Waals surface area contributed by atoms with Gasteiger partial charge in [-0.15, -0.1) is 0 Å². The van der Waals surface area contributed by atoms with Crippen LogP contribution in [0, 0.1) is 0 Å². The predicted octanol–water partition coefficient (Wildman–Crippen LogP) is 2.62. The number of benzene rings is 1. The molecule has 0 aliphatic carbocycles. The molecule has 0 fully saturated rings. The molecule has 128 valence electrons. The van der Waals surface area contributed by atoms with Gasteiger partial charge in [-0.3, -0.25) is 4.79 Å². The number of carbonyl (C=O) groups excluding carboxylic acids is 1. The van der Waals surface area contributed by atoms with Crippen molar-refractivity contribution in [3.63, 3.8) is 0 Å². The van der Waals surface area contributed by atoms with Gasteiger partial charge in [0, 0.05) is 19.2 Å². The fourth-order valence-electron chi connectivity index (χ4n) is 2.96. The van der Waals surface area contributed by atoms with Crippen molar-refractivity contribution in [2.75, 3.05) is 11.4 Å². The Labute approximate surface area is 141 Å². The van der Waals surface area contributed by atoms with Crippen LogP contribution in [0.15, 0.2) is 45.9 Å². The van der Waals surface area contributed by atoms with E-state index >= 15 is 0 Å². The first-order chi connectivity index (χ1) is 11.4. The minimum Gasteiger partial charge on any atom is -0.468 e. The second-order valence-electron chi connectivity index (χ2n) is 5.92. The van der Waals surface area contributed by atoms with Gasteiger partial charge in [-0.2, -0.15) is 0 Å². The van der Waals surface area contributed by atoms with Crippen LogP contribution in [0.5, 0.6) is 0 Å². The van der Waals surface area contributed by atoms with Gasteiger partial charge < -0.3 is 9.32 Å². The number of sulfonamides is 1. The lowest BCUT2D eigenvalue weighted by molar-refractivity contribution is -0.116. The van der Waals surface area contributed by atoms with E-state index in [9.17, 15) is 13.2 Å². The highest BCUT2D eigenvalue weighted by Gasteiger charge is 2.24. The van der Waals surface area contributed by atoms with Crippen LogP contribution in [0.4, 0.5) is 5.69 Å². The first-order valence-corrected chi connectivity index (χ1v) is 9.33. The van der Waals surface area contributed by atoms with Gasteiger partial charge >= 0.3 is 0 Å². The zero-order valence-electron chi connectivity index (χ0n) is 13.7. The molecule has 1 unspecified atom stereocenters. The maximum absolute atomic E-state index is 12.6. The van der Waals surface area contributed by atoms with Crippen molar-refractivity contribution in [3.05, 3.63) is 47.9 Å². The van der Waals surface area contributed by atoms with Crippen LogP contribution in [0.3, 0.4) is 0 Å². The van der Waals surface area contributed by atoms with Crippen LogP contribution in [0.1, 0.15) is 37.6 Å². The van der Waals surface area contributed by atoms with Crippen molar-refractivity contribution >= 4 is 21.6 Å². The summed E-state index contributed by atoms with van der Waals surface area (Å²) in [6, 6.07) is 7.89. The van der Waals surface area contributed by atoms with Crippen LogP contribution in [0.2, 0.25) is 0 Å². The van der Waals surface area contributed by atoms with Gasteiger partial charge in [0.1, 0.15) is 5.76 Å². The zero-order chi connectivity index (χ0) is 17.3. The molecule has 7 heteroatoms. The maximum Gasteiger partial charge on any atom is 0.241 e. The molecule has 6 nitrogen and oxygen atoms in total. The number of hydrogen-bond acceptors (Lipinski definition) is 4. The van der Waals surface area contributed by atoms with E-state index in [2.05, 4.69) is 4.72 Å². The van der Waals surface area contributed by atoms with Crippen LogP contribution >= 0.6 is 0 Å². The molecule has 1 aromatic carbocycles. The second-order valence-corrected chi connectivity index (χ2v) is 7.64. The molecular formula is C17H20N2O4S. The first-order valence-electron chi connectivity index (χ1n) is 7.85. The van der Waals surface area contributed by atoms with Gasteiger partial charge in [0.05, 0.1) is 17.2 Å². The van der Waals surface area contributed by atoms with Crippen molar-refractivity contribution < 1.29 is 17.6 Å². The third-order valence-corrected chi connectivity index (χ3v) is 5.70. The number of aryl methyl sites for hydroxylation is 1. The minimum atomic E-state index is -3.67. The fourth-order valence-corrected chi connectivity index (χ4v) is 4.23. The Morgan fingerprint density at radius 2 is 2.12 bits per heavy atom. The van der Waals surface area contributed by atoms with Crippen LogP contribution in [-0.2, 0) is 21.2 Å². The van der Waals surface area contributed by atoms with Gasteiger partial charge in [0.2, 0.25) is 15.9 Å². The Bertz CT molecular complexity index is 843. The highest BCUT2D eigenvalue weighted by molar-refractivity contribution is 7.89. The molecule has 24 heavy (non-hydrogen) atoms. The minimum absolute atomic E-state index is 0.0314. The van der Waals surface area contributed by atoms with Crippen molar-refractivity contribution in [3.8, 4) is 0 Å². The maximum atomic E-state index is 12.6. The lowest BCUT2D eigenvalue weighted by Crippen LogP contribution is -2.34. The number of rotatable bonds is 4. The molecule has 0 saturated carbocycles. The summed E-state index contributed by atoms with van der Waals surface area (Å²) in [5.41, 5.74) is 1.68. The summed E-state index contributed by atoms with van der Waals surface area (Å²) < 4.78 is 33.1. The Kier molecular flexibility index (Phi) is 4.47. The highest BCUT2D eigenvalue weighted by atomic mass is 32.2. The molecule has 1 aliphatic rings. The van der Waals surface area contributed by atoms with Gasteiger partial charge in [0.15, 0.2) is 0 Å². The summed E-state index contributed by atoms with van der Waals surface area (Å²) in [6.07, 6.45) is 3.10. The van der Waals surface area contributed by atoms with Gasteiger partial charge in [0.25, 0.3) is 0 Å². The molecular weight excluding hydrogens is 328 g/mol. The predicted molar refractivity (Wildman–Crippen MR) is 90.2 cm³/mol. The zero-order valence-corrected chi connectivity index (χ0v) is 14.5. The SMILES string of the molecule is CC(=O)N1CCCc2cc(S(=O)(=O)NC(C)c3ccco3)ccc21. The highest BCUT2D eigenvalue weighted by Crippen LogP contribution is 2.30. The summed E-state index contributed by atoms with van der Waals surface area (Å²) in [5.74, 6) is 0.524. The van der Waals surface area contributed by atoms with Crippen LogP contribution < -0.4 is 9.62 Å². The summed E-state index contributed by atoms with van der Waals surface area (Å²) in [7, 11) is -3.67. The molecule has 0 bridgehead atoms. The summed E-state index contributed by atoms with van der Waals surface area (Å²) in [5, 5.41) is 0. The molecule has 0 saturated heterocycles. The Hall–Kier alpha value is -2.12. The third kappa shape index (κ3) is 3.22. The van der Waals surface area contributed by atoms with E-state index in [4.69, 9.17) is 4.42 Å². The Morgan fingerprint density at radius 3 is 2.79 bits per heavy atom. The van der Waals surface area contributed by atoms with E-state index in [0.717, 1.165) is 24.1 Å². The topological polar surface area (TPSA) is 79.6 Å². The number of anilines is 1. The fraction of sp³-hybridized carbons (Fsp3) is 0.353. The summed E-state index contributed by atoms with van der Waals surface area (Å²) >= 11 is 0. The van der Waals surface area contributed by atoms with Crippen molar-refractivity contribution in [2.24, 2.45) is 0 Å². The molecule has 0 spiro atoms. The number of fused-ring (bicyclic) bond motifs is 1. The normalized spacial score (nSPS) is 15.8. The smallest absolute Gasteiger partial charge is 0.241 e. The lowest BCUT2D eigenvalue weighted by atomic mass is 10.0. The molecule has 2 aromatic rings. The van der Waals surface area contributed by atoms with Gasteiger partial charge in [-0.1, -0.05) is 0 Å². The number of nitrogens with one attached hydrogen (secondary N) is 1. The lowest BCUT2D eigenvalue weighted by Gasteiger charge is -2.29. The average molecular weight is 348 g/mol. The van der Waals surface area contributed by atoms with E-state index in [1.807, 2.05) is 0 Å². The molecule has 3 rings (SSSR count). The number of amides is 1. The molecule has 1 atom stereocenters. The summed E-state index contributed by atoms with van der Waals surface area (Å²) in [4.78, 5) is 13.6. The largest absolute Gasteiger partial charge is 0.468 e. The number of carbonyl (C=O) groups is 1. The van der Waals surface area contributed by atoms with E-state index in [1.54, 1.807) is 36.1 Å². The Morgan fingerprint density at radius 1 is 1.33 bits per heavy atom. The quantitative estimate of drug-likeness (QED) is 0.921. The van der Waals surface area contributed by atoms with Gasteiger partial charge in [-0.25, -0.2) is 13.1 Å². The van der Waals surface area contributed by atoms with Crippen LogP contribution in [0.25, 0.3) is 0 Å². The molecule has 1 N–H and O–H groups in total. The first kappa shape index (κ1) is 16.7. The molecule has 1 aromatic heterocycles. The number of hydrogen-bond donors (Lipinski definition) is 1. The second kappa shape index (κ2) is 6.41. The standard InChI is InChI=1S/C17H20N2O4S/c1-12(17-6-4-10-23-17)18-24(21,22)15-7-8-16-14(11-15)5-3-9-19(16)13(2)20/h4,6-8,10-12,18H,3,5,9H2,1-2H3. The third-order valence-electron chi connectivity index (χ3n) is 4.16. The molecule has 1 aliphatic heterocycles.